The maximum atomic E-state index is 12.8. The molecular formula is C15H23FO3Si. The molecule has 1 rings (SSSR count). The number of halogens is 1. The first-order chi connectivity index (χ1) is 9.15. The molecule has 0 saturated carbocycles. The fourth-order valence-electron chi connectivity index (χ4n) is 1.37. The first kappa shape index (κ1) is 16.9. The van der Waals surface area contributed by atoms with Crippen molar-refractivity contribution in [3.05, 3.63) is 30.1 Å². The number of benzene rings is 1. The van der Waals surface area contributed by atoms with E-state index in [1.165, 1.54) is 24.3 Å². The van der Waals surface area contributed by atoms with Crippen LogP contribution in [-0.2, 0) is 9.22 Å². The molecule has 0 aromatic heterocycles. The third-order valence-corrected chi connectivity index (χ3v) is 8.14. The van der Waals surface area contributed by atoms with E-state index in [9.17, 15) is 9.18 Å². The van der Waals surface area contributed by atoms with Crippen molar-refractivity contribution in [1.82, 2.24) is 0 Å². The molecule has 0 aliphatic rings. The van der Waals surface area contributed by atoms with Crippen LogP contribution in [0.15, 0.2) is 24.3 Å². The summed E-state index contributed by atoms with van der Waals surface area (Å²) in [5.74, 6) is 0.207. The van der Waals surface area contributed by atoms with Gasteiger partial charge in [0.2, 0.25) is 0 Å². The summed E-state index contributed by atoms with van der Waals surface area (Å²) < 4.78 is 24.2. The second kappa shape index (κ2) is 6.50. The minimum atomic E-state index is -2.01. The molecule has 1 atom stereocenters. The lowest BCUT2D eigenvalue weighted by Crippen LogP contribution is -2.45. The van der Waals surface area contributed by atoms with Crippen LogP contribution in [-0.4, -0.2) is 27.3 Å². The summed E-state index contributed by atoms with van der Waals surface area (Å²) in [5.41, 5.74) is 0. The first-order valence-electron chi connectivity index (χ1n) is 6.67. The zero-order valence-electron chi connectivity index (χ0n) is 12.8. The van der Waals surface area contributed by atoms with E-state index in [1.807, 2.05) is 0 Å². The second-order valence-electron chi connectivity index (χ2n) is 6.32. The van der Waals surface area contributed by atoms with E-state index in [4.69, 9.17) is 9.16 Å². The first-order valence-corrected chi connectivity index (χ1v) is 9.58. The minimum absolute atomic E-state index is 0.0319. The van der Waals surface area contributed by atoms with Crippen molar-refractivity contribution in [2.75, 3.05) is 6.61 Å². The topological polar surface area (TPSA) is 35.5 Å². The highest BCUT2D eigenvalue weighted by Crippen LogP contribution is 2.37. The predicted octanol–water partition coefficient (Wildman–Crippen LogP) is 3.79. The number of aldehydes is 1. The van der Waals surface area contributed by atoms with Gasteiger partial charge in [-0.15, -0.1) is 0 Å². The standard InChI is InChI=1S/C15H23FO3Si/c1-15(2,3)20(4,5)19-14(10-17)11-18-13-8-6-12(16)7-9-13/h6-10,14H,11H2,1-5H3/t14-/m0/s1. The van der Waals surface area contributed by atoms with E-state index in [2.05, 4.69) is 33.9 Å². The number of ether oxygens (including phenoxy) is 1. The molecule has 20 heavy (non-hydrogen) atoms. The van der Waals surface area contributed by atoms with Gasteiger partial charge in [-0.05, 0) is 42.4 Å². The molecule has 0 aliphatic carbocycles. The highest BCUT2D eigenvalue weighted by molar-refractivity contribution is 6.74. The van der Waals surface area contributed by atoms with Crippen LogP contribution in [0.3, 0.4) is 0 Å². The highest BCUT2D eigenvalue weighted by Gasteiger charge is 2.39. The van der Waals surface area contributed by atoms with E-state index in [-0.39, 0.29) is 17.5 Å². The predicted molar refractivity (Wildman–Crippen MR) is 80.0 cm³/mol. The zero-order chi connectivity index (χ0) is 15.4. The highest BCUT2D eigenvalue weighted by atomic mass is 28.4. The van der Waals surface area contributed by atoms with Crippen molar-refractivity contribution in [2.45, 2.75) is 45.0 Å². The molecule has 0 unspecified atom stereocenters. The third kappa shape index (κ3) is 4.72. The molecule has 0 fully saturated rings. The van der Waals surface area contributed by atoms with Gasteiger partial charge in [0, 0.05) is 0 Å². The molecule has 3 nitrogen and oxygen atoms in total. The smallest absolute Gasteiger partial charge is 0.193 e. The van der Waals surface area contributed by atoms with Gasteiger partial charge in [0.25, 0.3) is 0 Å². The van der Waals surface area contributed by atoms with Crippen LogP contribution < -0.4 is 4.74 Å². The van der Waals surface area contributed by atoms with E-state index in [0.29, 0.717) is 5.75 Å². The Labute approximate surface area is 121 Å². The molecule has 0 heterocycles. The lowest BCUT2D eigenvalue weighted by atomic mass is 10.2. The fraction of sp³-hybridized carbons (Fsp3) is 0.533. The molecule has 112 valence electrons. The Morgan fingerprint density at radius 3 is 2.25 bits per heavy atom. The van der Waals surface area contributed by atoms with Gasteiger partial charge in [0.1, 0.15) is 24.3 Å². The van der Waals surface area contributed by atoms with Gasteiger partial charge < -0.3 is 14.0 Å². The average Bonchev–Trinajstić information content (AvgIpc) is 2.35. The summed E-state index contributed by atoms with van der Waals surface area (Å²) in [5, 5.41) is 0.0319. The minimum Gasteiger partial charge on any atom is -0.490 e. The summed E-state index contributed by atoms with van der Waals surface area (Å²) in [6.45, 7) is 10.6. The van der Waals surface area contributed by atoms with E-state index in [1.54, 1.807) is 0 Å². The summed E-state index contributed by atoms with van der Waals surface area (Å²) in [4.78, 5) is 11.1. The van der Waals surface area contributed by atoms with Crippen LogP contribution in [0.1, 0.15) is 20.8 Å². The van der Waals surface area contributed by atoms with Crippen LogP contribution in [0.5, 0.6) is 5.75 Å². The van der Waals surface area contributed by atoms with Gasteiger partial charge in [-0.2, -0.15) is 0 Å². The molecule has 1 aromatic carbocycles. The molecule has 0 amide bonds. The second-order valence-corrected chi connectivity index (χ2v) is 11.1. The SMILES string of the molecule is CC(C)(C)[Si](C)(C)O[C@@H](C=O)COc1ccc(F)cc1. The maximum absolute atomic E-state index is 12.8. The van der Waals surface area contributed by atoms with Crippen LogP contribution >= 0.6 is 0 Å². The zero-order valence-corrected chi connectivity index (χ0v) is 13.8. The Hall–Kier alpha value is -1.20. The molecule has 0 saturated heterocycles. The van der Waals surface area contributed by atoms with Gasteiger partial charge in [0.15, 0.2) is 14.6 Å². The Morgan fingerprint density at radius 2 is 1.80 bits per heavy atom. The number of hydrogen-bond acceptors (Lipinski definition) is 3. The average molecular weight is 298 g/mol. The van der Waals surface area contributed by atoms with E-state index < -0.39 is 14.4 Å². The van der Waals surface area contributed by atoms with Crippen molar-refractivity contribution in [3.8, 4) is 5.75 Å². The number of carbonyl (C=O) groups is 1. The lowest BCUT2D eigenvalue weighted by Gasteiger charge is -2.37. The van der Waals surface area contributed by atoms with Crippen molar-refractivity contribution < 1.29 is 18.3 Å². The van der Waals surface area contributed by atoms with Crippen LogP contribution in [0.2, 0.25) is 18.1 Å². The van der Waals surface area contributed by atoms with Crippen molar-refractivity contribution in [2.24, 2.45) is 0 Å². The Balaban J connectivity index is 2.60. The van der Waals surface area contributed by atoms with E-state index in [0.717, 1.165) is 6.29 Å². The van der Waals surface area contributed by atoms with E-state index >= 15 is 0 Å². The number of hydrogen-bond donors (Lipinski definition) is 0. The maximum Gasteiger partial charge on any atom is 0.193 e. The van der Waals surface area contributed by atoms with Gasteiger partial charge in [-0.25, -0.2) is 4.39 Å². The third-order valence-electron chi connectivity index (χ3n) is 3.63. The lowest BCUT2D eigenvalue weighted by molar-refractivity contribution is -0.115. The molecule has 0 bridgehead atoms. The number of carbonyl (C=O) groups excluding carboxylic acids is 1. The van der Waals surface area contributed by atoms with Crippen molar-refractivity contribution >= 4 is 14.6 Å². The Morgan fingerprint density at radius 1 is 1.25 bits per heavy atom. The molecule has 5 heteroatoms. The van der Waals surface area contributed by atoms with Crippen LogP contribution in [0.4, 0.5) is 4.39 Å². The summed E-state index contributed by atoms with van der Waals surface area (Å²) in [7, 11) is -2.01. The summed E-state index contributed by atoms with van der Waals surface area (Å²) >= 11 is 0. The largest absolute Gasteiger partial charge is 0.490 e. The molecule has 0 aliphatic heterocycles. The Bertz CT molecular complexity index is 437. The Kier molecular flexibility index (Phi) is 5.47. The van der Waals surface area contributed by atoms with Crippen molar-refractivity contribution in [1.29, 1.82) is 0 Å². The van der Waals surface area contributed by atoms with Gasteiger partial charge >= 0.3 is 0 Å². The molecule has 1 aromatic rings. The van der Waals surface area contributed by atoms with Gasteiger partial charge in [0.05, 0.1) is 0 Å². The quantitative estimate of drug-likeness (QED) is 0.592. The van der Waals surface area contributed by atoms with Crippen LogP contribution in [0, 0.1) is 5.82 Å². The molecular weight excluding hydrogens is 275 g/mol. The summed E-state index contributed by atoms with van der Waals surface area (Å²) in [6.07, 6.45) is 0.172. The normalized spacial score (nSPS) is 13.9. The molecule has 0 N–H and O–H groups in total. The fourth-order valence-corrected chi connectivity index (χ4v) is 2.60. The number of rotatable bonds is 6. The summed E-state index contributed by atoms with van der Waals surface area (Å²) in [6, 6.07) is 5.70. The van der Waals surface area contributed by atoms with Crippen molar-refractivity contribution in [3.63, 3.8) is 0 Å². The van der Waals surface area contributed by atoms with Gasteiger partial charge in [-0.1, -0.05) is 20.8 Å². The molecule has 0 spiro atoms. The molecule has 0 radical (unpaired) electrons. The monoisotopic (exact) mass is 298 g/mol. The van der Waals surface area contributed by atoms with Gasteiger partial charge in [-0.3, -0.25) is 0 Å². The van der Waals surface area contributed by atoms with Crippen LogP contribution in [0.25, 0.3) is 0 Å².